The first kappa shape index (κ1) is 24.5. The van der Waals surface area contributed by atoms with Crippen LogP contribution in [0.1, 0.15) is 43.4 Å². The average Bonchev–Trinajstić information content (AvgIpc) is 2.82. The molecule has 0 fully saturated rings. The molecule has 0 aliphatic rings. The Morgan fingerprint density at radius 2 is 1.74 bits per heavy atom. The maximum absolute atomic E-state index is 13.3. The minimum atomic E-state index is -0.404. The van der Waals surface area contributed by atoms with Crippen molar-refractivity contribution in [1.82, 2.24) is 19.5 Å². The molecule has 0 saturated heterocycles. The van der Waals surface area contributed by atoms with Crippen LogP contribution in [-0.4, -0.2) is 19.5 Å². The van der Waals surface area contributed by atoms with E-state index in [0.717, 1.165) is 11.1 Å². The Morgan fingerprint density at radius 3 is 2.43 bits per heavy atom. The van der Waals surface area contributed by atoms with E-state index >= 15 is 0 Å². The minimum Gasteiger partial charge on any atom is -0.487 e. The van der Waals surface area contributed by atoms with E-state index in [2.05, 4.69) is 15.0 Å². The van der Waals surface area contributed by atoms with Crippen LogP contribution in [0.2, 0.25) is 5.02 Å². The molecule has 3 aromatic heterocycles. The van der Waals surface area contributed by atoms with E-state index in [1.807, 2.05) is 40.7 Å². The maximum atomic E-state index is 13.3. The fourth-order valence-corrected chi connectivity index (χ4v) is 3.78. The first-order valence-electron chi connectivity index (χ1n) is 11.1. The summed E-state index contributed by atoms with van der Waals surface area (Å²) in [5.41, 5.74) is 3.54. The van der Waals surface area contributed by atoms with Crippen molar-refractivity contribution in [2.24, 2.45) is 0 Å². The van der Waals surface area contributed by atoms with E-state index in [0.29, 0.717) is 28.6 Å². The normalized spacial score (nSPS) is 11.5. The van der Waals surface area contributed by atoms with E-state index in [9.17, 15) is 9.18 Å². The lowest BCUT2D eigenvalue weighted by Crippen LogP contribution is -2.23. The molecular formula is C27H26ClFN4O2. The largest absolute Gasteiger partial charge is 0.487 e. The van der Waals surface area contributed by atoms with Crippen molar-refractivity contribution < 1.29 is 9.13 Å². The summed E-state index contributed by atoms with van der Waals surface area (Å²) in [6.45, 7) is 9.99. The van der Waals surface area contributed by atoms with E-state index in [1.165, 1.54) is 12.1 Å². The molecule has 0 aliphatic carbocycles. The Labute approximate surface area is 208 Å². The van der Waals surface area contributed by atoms with Crippen molar-refractivity contribution in [1.29, 1.82) is 0 Å². The van der Waals surface area contributed by atoms with Crippen molar-refractivity contribution >= 4 is 11.6 Å². The van der Waals surface area contributed by atoms with Gasteiger partial charge in [-0.1, -0.05) is 44.5 Å². The third-order valence-corrected chi connectivity index (χ3v) is 5.86. The number of aromatic nitrogens is 4. The Bertz CT molecular complexity index is 1440. The zero-order valence-corrected chi connectivity index (χ0v) is 21.0. The molecule has 0 bridgehead atoms. The van der Waals surface area contributed by atoms with E-state index in [1.54, 1.807) is 41.2 Å². The standard InChI is InChI=1S/C27H26ClFN4O2/c1-16-14-31-21(20-10-11-30-26(32-20)27(3,4)5)13-22(16)33-17(2)12-23(24(28)25(33)34)35-15-18-6-8-19(29)9-7-18/h6-14H,15H2,1-5H3. The molecule has 0 unspecified atom stereocenters. The van der Waals surface area contributed by atoms with Gasteiger partial charge in [0.05, 0.1) is 17.1 Å². The molecule has 0 atom stereocenters. The van der Waals surface area contributed by atoms with Gasteiger partial charge in [-0.2, -0.15) is 0 Å². The molecule has 6 nitrogen and oxygen atoms in total. The zero-order chi connectivity index (χ0) is 25.3. The molecule has 0 N–H and O–H groups in total. The lowest BCUT2D eigenvalue weighted by Gasteiger charge is -2.18. The molecule has 4 rings (SSSR count). The highest BCUT2D eigenvalue weighted by atomic mass is 35.5. The fourth-order valence-electron chi connectivity index (χ4n) is 3.58. The van der Waals surface area contributed by atoms with Crippen LogP contribution in [0.15, 0.2) is 59.7 Å². The summed E-state index contributed by atoms with van der Waals surface area (Å²) >= 11 is 6.44. The van der Waals surface area contributed by atoms with Gasteiger partial charge in [0, 0.05) is 29.6 Å². The van der Waals surface area contributed by atoms with Gasteiger partial charge in [0.15, 0.2) is 0 Å². The molecule has 8 heteroatoms. The quantitative estimate of drug-likeness (QED) is 0.343. The second kappa shape index (κ2) is 9.58. The smallest absolute Gasteiger partial charge is 0.277 e. The first-order chi connectivity index (χ1) is 16.5. The Hall–Kier alpha value is -3.58. The number of halogens is 2. The summed E-state index contributed by atoms with van der Waals surface area (Å²) in [5, 5.41) is -0.0347. The van der Waals surface area contributed by atoms with E-state index in [-0.39, 0.29) is 28.6 Å². The number of ether oxygens (including phenoxy) is 1. The highest BCUT2D eigenvalue weighted by molar-refractivity contribution is 6.31. The van der Waals surface area contributed by atoms with Crippen molar-refractivity contribution in [3.63, 3.8) is 0 Å². The third kappa shape index (κ3) is 5.25. The second-order valence-corrected chi connectivity index (χ2v) is 9.77. The zero-order valence-electron chi connectivity index (χ0n) is 20.3. The summed E-state index contributed by atoms with van der Waals surface area (Å²) in [6.07, 6.45) is 3.42. The maximum Gasteiger partial charge on any atom is 0.277 e. The Balaban J connectivity index is 1.72. The summed E-state index contributed by atoms with van der Waals surface area (Å²) in [7, 11) is 0. The summed E-state index contributed by atoms with van der Waals surface area (Å²) < 4.78 is 20.5. The van der Waals surface area contributed by atoms with Crippen LogP contribution >= 0.6 is 11.6 Å². The molecule has 0 radical (unpaired) electrons. The van der Waals surface area contributed by atoms with Crippen LogP contribution < -0.4 is 10.3 Å². The van der Waals surface area contributed by atoms with Gasteiger partial charge in [0.2, 0.25) is 0 Å². The van der Waals surface area contributed by atoms with Crippen LogP contribution in [0.3, 0.4) is 0 Å². The van der Waals surface area contributed by atoms with Crippen molar-refractivity contribution in [3.05, 3.63) is 98.7 Å². The predicted octanol–water partition coefficient (Wildman–Crippen LogP) is 5.98. The SMILES string of the molecule is Cc1cnc(-c2ccnc(C(C)(C)C)n2)cc1-n1c(C)cc(OCc2ccc(F)cc2)c(Cl)c1=O. The lowest BCUT2D eigenvalue weighted by atomic mass is 9.95. The Morgan fingerprint density at radius 1 is 1.03 bits per heavy atom. The molecule has 0 amide bonds. The van der Waals surface area contributed by atoms with Gasteiger partial charge >= 0.3 is 0 Å². The Kier molecular flexibility index (Phi) is 6.72. The molecular weight excluding hydrogens is 467 g/mol. The number of hydrogen-bond acceptors (Lipinski definition) is 5. The molecule has 180 valence electrons. The minimum absolute atomic E-state index is 0.0347. The average molecular weight is 493 g/mol. The second-order valence-electron chi connectivity index (χ2n) is 9.39. The highest BCUT2D eigenvalue weighted by Crippen LogP contribution is 2.27. The summed E-state index contributed by atoms with van der Waals surface area (Å²) in [4.78, 5) is 26.9. The van der Waals surface area contributed by atoms with Gasteiger partial charge in [0.25, 0.3) is 5.56 Å². The van der Waals surface area contributed by atoms with Gasteiger partial charge in [-0.3, -0.25) is 14.3 Å². The van der Waals surface area contributed by atoms with Crippen LogP contribution in [0.4, 0.5) is 4.39 Å². The molecule has 4 aromatic rings. The topological polar surface area (TPSA) is 69.9 Å². The third-order valence-electron chi connectivity index (χ3n) is 5.51. The lowest BCUT2D eigenvalue weighted by molar-refractivity contribution is 0.305. The number of benzene rings is 1. The predicted molar refractivity (Wildman–Crippen MR) is 135 cm³/mol. The molecule has 0 spiro atoms. The number of aryl methyl sites for hydroxylation is 2. The van der Waals surface area contributed by atoms with Crippen LogP contribution in [-0.2, 0) is 12.0 Å². The van der Waals surface area contributed by atoms with Gasteiger partial charge in [-0.15, -0.1) is 0 Å². The van der Waals surface area contributed by atoms with Crippen molar-refractivity contribution in [3.8, 4) is 22.8 Å². The molecule has 0 aliphatic heterocycles. The van der Waals surface area contributed by atoms with Crippen LogP contribution in [0.25, 0.3) is 17.1 Å². The molecule has 1 aromatic carbocycles. The van der Waals surface area contributed by atoms with Gasteiger partial charge < -0.3 is 4.74 Å². The summed E-state index contributed by atoms with van der Waals surface area (Å²) in [6, 6.07) is 11.3. The van der Waals surface area contributed by atoms with E-state index < -0.39 is 5.56 Å². The molecule has 0 saturated carbocycles. The fraction of sp³-hybridized carbons (Fsp3) is 0.259. The van der Waals surface area contributed by atoms with Gasteiger partial charge in [-0.05, 0) is 49.2 Å². The van der Waals surface area contributed by atoms with Crippen LogP contribution in [0.5, 0.6) is 5.75 Å². The van der Waals surface area contributed by atoms with Gasteiger partial charge in [-0.25, -0.2) is 14.4 Å². The van der Waals surface area contributed by atoms with Crippen molar-refractivity contribution in [2.45, 2.75) is 46.6 Å². The number of rotatable bonds is 5. The first-order valence-corrected chi connectivity index (χ1v) is 11.5. The van der Waals surface area contributed by atoms with Crippen LogP contribution in [0, 0.1) is 19.7 Å². The summed E-state index contributed by atoms with van der Waals surface area (Å²) in [5.74, 6) is 0.652. The number of pyridine rings is 2. The molecule has 3 heterocycles. The van der Waals surface area contributed by atoms with E-state index in [4.69, 9.17) is 16.3 Å². The molecule has 35 heavy (non-hydrogen) atoms. The van der Waals surface area contributed by atoms with Crippen molar-refractivity contribution in [2.75, 3.05) is 0 Å². The van der Waals surface area contributed by atoms with Gasteiger partial charge in [0.1, 0.15) is 29.0 Å². The highest BCUT2D eigenvalue weighted by Gasteiger charge is 2.20. The number of nitrogens with zero attached hydrogens (tertiary/aromatic N) is 4. The number of hydrogen-bond donors (Lipinski definition) is 0. The monoisotopic (exact) mass is 492 g/mol.